The lowest BCUT2D eigenvalue weighted by molar-refractivity contribution is -0.123. The Labute approximate surface area is 135 Å². The second kappa shape index (κ2) is 5.23. The van der Waals surface area contributed by atoms with Crippen molar-refractivity contribution in [2.24, 2.45) is 12.5 Å². The van der Waals surface area contributed by atoms with Gasteiger partial charge in [0.1, 0.15) is 0 Å². The summed E-state index contributed by atoms with van der Waals surface area (Å²) in [5, 5.41) is 4.78. The summed E-state index contributed by atoms with van der Waals surface area (Å²) in [6.45, 7) is 5.54. The Morgan fingerprint density at radius 2 is 1.78 bits per heavy atom. The van der Waals surface area contributed by atoms with Crippen LogP contribution in [-0.4, -0.2) is 16.8 Å². The summed E-state index contributed by atoms with van der Waals surface area (Å²) >= 11 is 0. The first-order chi connectivity index (χ1) is 10.8. The first-order valence-corrected chi connectivity index (χ1v) is 7.61. The van der Waals surface area contributed by atoms with E-state index in [1.807, 2.05) is 58.2 Å². The van der Waals surface area contributed by atoms with Gasteiger partial charge in [-0.1, -0.05) is 39.0 Å². The number of rotatable bonds is 2. The van der Waals surface area contributed by atoms with E-state index in [2.05, 4.69) is 9.88 Å². The molecule has 0 fully saturated rings. The van der Waals surface area contributed by atoms with Crippen molar-refractivity contribution in [1.82, 2.24) is 4.57 Å². The second-order valence-electron chi connectivity index (χ2n) is 6.82. The van der Waals surface area contributed by atoms with Crippen molar-refractivity contribution in [3.8, 4) is 0 Å². The molecule has 1 N–H and O–H groups in total. The third-order valence-corrected chi connectivity index (χ3v) is 4.17. The molecule has 4 heteroatoms. The van der Waals surface area contributed by atoms with Crippen molar-refractivity contribution in [2.75, 3.05) is 5.32 Å². The van der Waals surface area contributed by atoms with Crippen molar-refractivity contribution in [2.45, 2.75) is 20.8 Å². The summed E-state index contributed by atoms with van der Waals surface area (Å²) < 4.78 is 2.06. The van der Waals surface area contributed by atoms with Crippen molar-refractivity contribution >= 4 is 39.7 Å². The second-order valence-corrected chi connectivity index (χ2v) is 6.82. The fourth-order valence-corrected chi connectivity index (χ4v) is 2.82. The molecule has 1 heterocycles. The van der Waals surface area contributed by atoms with Gasteiger partial charge in [-0.05, 0) is 18.2 Å². The van der Waals surface area contributed by atoms with Crippen LogP contribution in [0.4, 0.5) is 5.69 Å². The Kier molecular flexibility index (Phi) is 3.48. The molecule has 0 radical (unpaired) electrons. The Hall–Kier alpha value is -2.62. The normalized spacial score (nSPS) is 11.8. The van der Waals surface area contributed by atoms with Gasteiger partial charge in [0.05, 0.1) is 5.69 Å². The van der Waals surface area contributed by atoms with Crippen LogP contribution in [0.5, 0.6) is 0 Å². The molecule has 0 aliphatic rings. The number of fused-ring (bicyclic) bond motifs is 3. The van der Waals surface area contributed by atoms with Crippen LogP contribution in [0.3, 0.4) is 0 Å². The fraction of sp³-hybridized carbons (Fsp3) is 0.263. The minimum atomic E-state index is -0.520. The van der Waals surface area contributed by atoms with E-state index in [-0.39, 0.29) is 5.91 Å². The Morgan fingerprint density at radius 1 is 1.09 bits per heavy atom. The molecule has 3 rings (SSSR count). The molecule has 23 heavy (non-hydrogen) atoms. The summed E-state index contributed by atoms with van der Waals surface area (Å²) in [6.07, 6.45) is 0.826. The van der Waals surface area contributed by atoms with Crippen LogP contribution in [0.25, 0.3) is 21.8 Å². The van der Waals surface area contributed by atoms with E-state index in [1.165, 1.54) is 0 Å². The van der Waals surface area contributed by atoms with Crippen LogP contribution in [0.2, 0.25) is 0 Å². The van der Waals surface area contributed by atoms with E-state index in [4.69, 9.17) is 0 Å². The van der Waals surface area contributed by atoms with Crippen molar-refractivity contribution in [3.63, 3.8) is 0 Å². The van der Waals surface area contributed by atoms with Gasteiger partial charge < -0.3 is 9.88 Å². The molecule has 1 aromatic heterocycles. The average molecular weight is 308 g/mol. The van der Waals surface area contributed by atoms with Crippen molar-refractivity contribution < 1.29 is 9.59 Å². The molecule has 0 saturated heterocycles. The van der Waals surface area contributed by atoms with E-state index < -0.39 is 5.41 Å². The number of anilines is 1. The maximum absolute atomic E-state index is 12.3. The third-order valence-electron chi connectivity index (χ3n) is 4.17. The van der Waals surface area contributed by atoms with E-state index in [9.17, 15) is 9.59 Å². The molecular formula is C19H20N2O2. The first-order valence-electron chi connectivity index (χ1n) is 7.61. The maximum Gasteiger partial charge on any atom is 0.229 e. The zero-order chi connectivity index (χ0) is 16.8. The van der Waals surface area contributed by atoms with Gasteiger partial charge in [-0.15, -0.1) is 0 Å². The summed E-state index contributed by atoms with van der Waals surface area (Å²) in [5.74, 6) is -0.111. The summed E-state index contributed by atoms with van der Waals surface area (Å²) in [4.78, 5) is 24.0. The fourth-order valence-electron chi connectivity index (χ4n) is 2.82. The monoisotopic (exact) mass is 308 g/mol. The molecule has 2 aromatic carbocycles. The standard InChI is InChI=1S/C19H20N2O2/c1-19(2,3)18(23)20-14-9-10-16-17(13(14)11-22)12-7-5-6-8-15(12)21(16)4/h5-11H,1-4H3,(H,20,23). The SMILES string of the molecule is Cn1c2ccccc2c2c(C=O)c(NC(=O)C(C)(C)C)ccc21. The predicted octanol–water partition coefficient (Wildman–Crippen LogP) is 4.13. The molecule has 0 spiro atoms. The lowest BCUT2D eigenvalue weighted by atomic mass is 9.95. The Bertz CT molecular complexity index is 930. The van der Waals surface area contributed by atoms with Crippen molar-refractivity contribution in [3.05, 3.63) is 42.0 Å². The van der Waals surface area contributed by atoms with E-state index >= 15 is 0 Å². The Balaban J connectivity index is 2.28. The average Bonchev–Trinajstić information content (AvgIpc) is 2.80. The lowest BCUT2D eigenvalue weighted by Crippen LogP contribution is -2.28. The van der Waals surface area contributed by atoms with Crippen LogP contribution in [0, 0.1) is 5.41 Å². The summed E-state index contributed by atoms with van der Waals surface area (Å²) in [7, 11) is 1.98. The highest BCUT2D eigenvalue weighted by Crippen LogP contribution is 2.34. The number of aldehydes is 1. The van der Waals surface area contributed by atoms with Crippen LogP contribution in [0.1, 0.15) is 31.1 Å². The van der Waals surface area contributed by atoms with Gasteiger partial charge in [-0.25, -0.2) is 0 Å². The number of nitrogens with zero attached hydrogens (tertiary/aromatic N) is 1. The predicted molar refractivity (Wildman–Crippen MR) is 93.9 cm³/mol. The molecule has 0 atom stereocenters. The zero-order valence-corrected chi connectivity index (χ0v) is 13.8. The number of carbonyl (C=O) groups is 2. The zero-order valence-electron chi connectivity index (χ0n) is 13.8. The largest absolute Gasteiger partial charge is 0.344 e. The van der Waals surface area contributed by atoms with Crippen LogP contribution in [0.15, 0.2) is 36.4 Å². The topological polar surface area (TPSA) is 51.1 Å². The van der Waals surface area contributed by atoms with Gasteiger partial charge in [0.2, 0.25) is 5.91 Å². The molecule has 0 bridgehead atoms. The molecule has 0 aliphatic carbocycles. The highest BCUT2D eigenvalue weighted by molar-refractivity contribution is 6.18. The molecule has 0 unspecified atom stereocenters. The van der Waals surface area contributed by atoms with Crippen LogP contribution in [-0.2, 0) is 11.8 Å². The van der Waals surface area contributed by atoms with E-state index in [0.717, 1.165) is 28.1 Å². The smallest absolute Gasteiger partial charge is 0.229 e. The number of hydrogen-bond donors (Lipinski definition) is 1. The van der Waals surface area contributed by atoms with Gasteiger partial charge in [0.15, 0.2) is 6.29 Å². The van der Waals surface area contributed by atoms with Gasteiger partial charge in [-0.2, -0.15) is 0 Å². The number of amides is 1. The quantitative estimate of drug-likeness (QED) is 0.724. The van der Waals surface area contributed by atoms with E-state index in [1.54, 1.807) is 6.07 Å². The maximum atomic E-state index is 12.3. The Morgan fingerprint density at radius 3 is 2.43 bits per heavy atom. The molecule has 4 nitrogen and oxygen atoms in total. The highest BCUT2D eigenvalue weighted by Gasteiger charge is 2.23. The number of aromatic nitrogens is 1. The minimum absolute atomic E-state index is 0.111. The van der Waals surface area contributed by atoms with E-state index in [0.29, 0.717) is 11.3 Å². The van der Waals surface area contributed by atoms with Gasteiger partial charge in [-0.3, -0.25) is 9.59 Å². The minimum Gasteiger partial charge on any atom is -0.344 e. The lowest BCUT2D eigenvalue weighted by Gasteiger charge is -2.18. The van der Waals surface area contributed by atoms with Crippen LogP contribution >= 0.6 is 0 Å². The number of carbonyl (C=O) groups excluding carboxylic acids is 2. The molecule has 0 saturated carbocycles. The molecule has 1 amide bonds. The number of para-hydroxylation sites is 1. The number of benzene rings is 2. The van der Waals surface area contributed by atoms with Crippen molar-refractivity contribution in [1.29, 1.82) is 0 Å². The summed E-state index contributed by atoms with van der Waals surface area (Å²) in [5.41, 5.74) is 2.60. The molecule has 3 aromatic rings. The first kappa shape index (κ1) is 15.3. The van der Waals surface area contributed by atoms with Crippen LogP contribution < -0.4 is 5.32 Å². The van der Waals surface area contributed by atoms with Gasteiger partial charge in [0.25, 0.3) is 0 Å². The molecular weight excluding hydrogens is 288 g/mol. The molecule has 118 valence electrons. The highest BCUT2D eigenvalue weighted by atomic mass is 16.2. The molecule has 0 aliphatic heterocycles. The number of hydrogen-bond acceptors (Lipinski definition) is 2. The number of nitrogens with one attached hydrogen (secondary N) is 1. The van der Waals surface area contributed by atoms with Gasteiger partial charge in [0, 0.05) is 39.8 Å². The summed E-state index contributed by atoms with van der Waals surface area (Å²) in [6, 6.07) is 11.7. The van der Waals surface area contributed by atoms with Gasteiger partial charge >= 0.3 is 0 Å². The number of aryl methyl sites for hydroxylation is 1. The third kappa shape index (κ3) is 2.40.